The molecule has 4 heteroatoms. The molecule has 3 nitrogen and oxygen atoms in total. The summed E-state index contributed by atoms with van der Waals surface area (Å²) in [7, 11) is 0. The van der Waals surface area contributed by atoms with E-state index in [0.29, 0.717) is 0 Å². The molecule has 0 aromatic heterocycles. The van der Waals surface area contributed by atoms with Crippen LogP contribution in [-0.2, 0) is 4.79 Å². The van der Waals surface area contributed by atoms with Gasteiger partial charge < -0.3 is 10.6 Å². The van der Waals surface area contributed by atoms with Gasteiger partial charge in [0, 0.05) is 5.57 Å². The summed E-state index contributed by atoms with van der Waals surface area (Å²) in [6, 6.07) is 0. The molecule has 0 aliphatic carbocycles. The third-order valence-corrected chi connectivity index (χ3v) is 0.365. The minimum atomic E-state index is -0.935. The first kappa shape index (κ1) is 15.6. The molecule has 0 aromatic rings. The summed E-state index contributed by atoms with van der Waals surface area (Å²) in [6.45, 7) is 4.60. The van der Waals surface area contributed by atoms with E-state index >= 15 is 0 Å². The number of hydrogen-bond donors (Lipinski definition) is 1. The molecular weight excluding hydrogens is 128 g/mol. The molecule has 0 heterocycles. The van der Waals surface area contributed by atoms with Gasteiger partial charge in [0.1, 0.15) is 0 Å². The highest BCUT2D eigenvalue weighted by Gasteiger charge is 1.90. The molecule has 50 valence electrons. The second-order valence-electron chi connectivity index (χ2n) is 1.09. The van der Waals surface area contributed by atoms with Crippen LogP contribution in [0.4, 0.5) is 0 Å². The molecule has 0 spiro atoms. The molecule has 0 unspecified atom stereocenters. The van der Waals surface area contributed by atoms with Crippen molar-refractivity contribution >= 4 is 19.5 Å². The summed E-state index contributed by atoms with van der Waals surface area (Å²) >= 11 is 0. The second kappa shape index (κ2) is 6.52. The summed E-state index contributed by atoms with van der Waals surface area (Å²) in [4.78, 5) is 9.60. The fourth-order valence-corrected chi connectivity index (χ4v) is 0. The summed E-state index contributed by atoms with van der Waals surface area (Å²) in [5, 5.41) is 7.89. The Hall–Kier alpha value is -0.480. The number of carboxylic acids is 1. The average Bonchev–Trinajstić information content (AvgIpc) is 1.36. The van der Waals surface area contributed by atoms with Crippen LogP contribution in [0.15, 0.2) is 12.2 Å². The molecule has 0 atom stereocenters. The van der Waals surface area contributed by atoms with Crippen molar-refractivity contribution in [3.05, 3.63) is 12.2 Å². The van der Waals surface area contributed by atoms with Crippen molar-refractivity contribution < 1.29 is 15.4 Å². The predicted molar refractivity (Wildman–Crippen MR) is 36.4 cm³/mol. The van der Waals surface area contributed by atoms with E-state index in [2.05, 4.69) is 6.58 Å². The van der Waals surface area contributed by atoms with E-state index in [0.717, 1.165) is 0 Å². The van der Waals surface area contributed by atoms with Crippen molar-refractivity contribution in [3.8, 4) is 0 Å². The third-order valence-electron chi connectivity index (χ3n) is 0.365. The summed E-state index contributed by atoms with van der Waals surface area (Å²) < 4.78 is 0. The molecule has 0 saturated heterocycles. The maximum absolute atomic E-state index is 9.60. The van der Waals surface area contributed by atoms with Gasteiger partial charge in [-0.2, -0.15) is 13.5 Å². The van der Waals surface area contributed by atoms with Gasteiger partial charge in [0.05, 0.1) is 0 Å². The first-order valence-electron chi connectivity index (χ1n) is 1.53. The van der Waals surface area contributed by atoms with Gasteiger partial charge in [-0.1, -0.05) is 6.58 Å². The predicted octanol–water partition coefficient (Wildman–Crippen LogP) is -0.0648. The lowest BCUT2D eigenvalue weighted by molar-refractivity contribution is -0.132. The first-order valence-corrected chi connectivity index (χ1v) is 1.53. The van der Waals surface area contributed by atoms with Crippen molar-refractivity contribution in [2.45, 2.75) is 6.92 Å². The maximum atomic E-state index is 9.60. The van der Waals surface area contributed by atoms with Gasteiger partial charge in [0.2, 0.25) is 0 Å². The number of aliphatic carboxylic acids is 1. The van der Waals surface area contributed by atoms with Crippen molar-refractivity contribution in [3.63, 3.8) is 0 Å². The SMILES string of the molecule is C=C(C)C(=O)O.O.S. The molecule has 0 radical (unpaired) electrons. The Morgan fingerprint density at radius 1 is 1.62 bits per heavy atom. The Morgan fingerprint density at radius 2 is 1.75 bits per heavy atom. The number of carbonyl (C=O) groups is 1. The molecule has 0 aliphatic rings. The van der Waals surface area contributed by atoms with E-state index in [4.69, 9.17) is 5.11 Å². The minimum Gasteiger partial charge on any atom is -0.478 e. The third kappa shape index (κ3) is 9.10. The molecule has 0 amide bonds. The van der Waals surface area contributed by atoms with Crippen molar-refractivity contribution in [1.82, 2.24) is 0 Å². The Kier molecular flexibility index (Phi) is 12.8. The maximum Gasteiger partial charge on any atom is 0.330 e. The average molecular weight is 138 g/mol. The highest BCUT2D eigenvalue weighted by molar-refractivity contribution is 7.59. The van der Waals surface area contributed by atoms with Crippen LogP contribution in [0, 0.1) is 0 Å². The van der Waals surface area contributed by atoms with Crippen LogP contribution in [-0.4, -0.2) is 16.6 Å². The van der Waals surface area contributed by atoms with Crippen LogP contribution in [0.5, 0.6) is 0 Å². The molecule has 0 rings (SSSR count). The summed E-state index contributed by atoms with van der Waals surface area (Å²) in [5.74, 6) is -0.935. The van der Waals surface area contributed by atoms with Crippen LogP contribution in [0.3, 0.4) is 0 Å². The van der Waals surface area contributed by atoms with Gasteiger partial charge in [0.15, 0.2) is 0 Å². The largest absolute Gasteiger partial charge is 0.478 e. The molecule has 8 heavy (non-hydrogen) atoms. The Labute approximate surface area is 54.8 Å². The summed E-state index contributed by atoms with van der Waals surface area (Å²) in [5.41, 5.74) is 0.176. The monoisotopic (exact) mass is 138 g/mol. The zero-order valence-electron chi connectivity index (χ0n) is 4.56. The van der Waals surface area contributed by atoms with Gasteiger partial charge in [-0.05, 0) is 6.92 Å². The number of rotatable bonds is 1. The Morgan fingerprint density at radius 3 is 1.75 bits per heavy atom. The van der Waals surface area contributed by atoms with Crippen molar-refractivity contribution in [2.75, 3.05) is 0 Å². The lowest BCUT2D eigenvalue weighted by Gasteiger charge is -1.79. The fraction of sp³-hybridized carbons (Fsp3) is 0.250. The Balaban J connectivity index is -0.000000125. The van der Waals surface area contributed by atoms with Crippen LogP contribution in [0.2, 0.25) is 0 Å². The van der Waals surface area contributed by atoms with Crippen LogP contribution < -0.4 is 0 Å². The standard InChI is InChI=1S/C4H6O2.H2O.H2S/c1-3(2)4(5)6;;/h1H2,2H3,(H,5,6);2*1H2. The van der Waals surface area contributed by atoms with Crippen molar-refractivity contribution in [1.29, 1.82) is 0 Å². The molecule has 0 fully saturated rings. The van der Waals surface area contributed by atoms with E-state index in [1.807, 2.05) is 0 Å². The van der Waals surface area contributed by atoms with Crippen LogP contribution in [0.25, 0.3) is 0 Å². The molecule has 0 aromatic carbocycles. The molecule has 0 aliphatic heterocycles. The quantitative estimate of drug-likeness (QED) is 0.515. The zero-order chi connectivity index (χ0) is 5.15. The smallest absolute Gasteiger partial charge is 0.330 e. The normalized spacial score (nSPS) is 5.62. The van der Waals surface area contributed by atoms with Gasteiger partial charge in [-0.3, -0.25) is 0 Å². The van der Waals surface area contributed by atoms with E-state index in [9.17, 15) is 4.79 Å². The van der Waals surface area contributed by atoms with Crippen LogP contribution in [0.1, 0.15) is 6.92 Å². The summed E-state index contributed by atoms with van der Waals surface area (Å²) in [6.07, 6.45) is 0. The highest BCUT2D eigenvalue weighted by atomic mass is 32.1. The van der Waals surface area contributed by atoms with Gasteiger partial charge >= 0.3 is 5.97 Å². The van der Waals surface area contributed by atoms with E-state index in [-0.39, 0.29) is 24.5 Å². The molecular formula is C4H10O3S. The van der Waals surface area contributed by atoms with Gasteiger partial charge in [0.25, 0.3) is 0 Å². The fourth-order valence-electron chi connectivity index (χ4n) is 0. The number of carboxylic acid groups (broad SMARTS) is 1. The lowest BCUT2D eigenvalue weighted by Crippen LogP contribution is -1.92. The second-order valence-corrected chi connectivity index (χ2v) is 1.09. The lowest BCUT2D eigenvalue weighted by atomic mass is 10.4. The van der Waals surface area contributed by atoms with E-state index < -0.39 is 5.97 Å². The minimum absolute atomic E-state index is 0. The van der Waals surface area contributed by atoms with E-state index in [1.165, 1.54) is 6.92 Å². The van der Waals surface area contributed by atoms with Crippen LogP contribution >= 0.6 is 13.5 Å². The highest BCUT2D eigenvalue weighted by Crippen LogP contribution is 1.81. The van der Waals surface area contributed by atoms with Gasteiger partial charge in [-0.15, -0.1) is 0 Å². The van der Waals surface area contributed by atoms with Gasteiger partial charge in [-0.25, -0.2) is 4.79 Å². The molecule has 0 bridgehead atoms. The Bertz CT molecular complexity index is 77.3. The first-order chi connectivity index (χ1) is 2.64. The number of hydrogen-bond acceptors (Lipinski definition) is 1. The van der Waals surface area contributed by atoms with E-state index in [1.54, 1.807) is 0 Å². The molecule has 0 saturated carbocycles. The van der Waals surface area contributed by atoms with Crippen molar-refractivity contribution in [2.24, 2.45) is 0 Å². The zero-order valence-corrected chi connectivity index (χ0v) is 5.56. The molecule has 3 N–H and O–H groups in total. The topological polar surface area (TPSA) is 68.8 Å².